The molecule has 4 nitrogen and oxygen atoms in total. The maximum Gasteiger partial charge on any atom is 0.221 e. The smallest absolute Gasteiger partial charge is 0.221 e. The van der Waals surface area contributed by atoms with Crippen LogP contribution in [0.1, 0.15) is 25.5 Å². The molecule has 3 aromatic rings. The molecule has 1 saturated heterocycles. The van der Waals surface area contributed by atoms with Gasteiger partial charge in [-0.25, -0.2) is 0 Å². The lowest BCUT2D eigenvalue weighted by Crippen LogP contribution is -2.18. The van der Waals surface area contributed by atoms with E-state index in [1.165, 1.54) is 30.8 Å². The van der Waals surface area contributed by atoms with Crippen LogP contribution < -0.4 is 10.2 Å². The highest BCUT2D eigenvalue weighted by molar-refractivity contribution is 5.95. The van der Waals surface area contributed by atoms with Crippen molar-refractivity contribution in [3.05, 3.63) is 54.2 Å². The second-order valence-electron chi connectivity index (χ2n) is 6.97. The summed E-state index contributed by atoms with van der Waals surface area (Å²) < 4.78 is 0. The van der Waals surface area contributed by atoms with Crippen LogP contribution in [-0.2, 0) is 4.79 Å². The van der Waals surface area contributed by atoms with Crippen LogP contribution >= 0.6 is 0 Å². The minimum Gasteiger partial charge on any atom is -0.371 e. The van der Waals surface area contributed by atoms with E-state index in [4.69, 9.17) is 4.98 Å². The zero-order valence-electron chi connectivity index (χ0n) is 15.2. The molecule has 0 unspecified atom stereocenters. The topological polar surface area (TPSA) is 45.2 Å². The predicted molar refractivity (Wildman–Crippen MR) is 108 cm³/mol. The maximum atomic E-state index is 11.2. The summed E-state index contributed by atoms with van der Waals surface area (Å²) in [5.41, 5.74) is 6.46. The van der Waals surface area contributed by atoms with Gasteiger partial charge in [0.2, 0.25) is 5.91 Å². The third-order valence-corrected chi connectivity index (χ3v) is 4.90. The fourth-order valence-electron chi connectivity index (χ4n) is 3.69. The van der Waals surface area contributed by atoms with E-state index in [2.05, 4.69) is 41.4 Å². The fourth-order valence-corrected chi connectivity index (χ4v) is 3.69. The molecule has 0 radical (unpaired) electrons. The van der Waals surface area contributed by atoms with E-state index in [9.17, 15) is 4.79 Å². The summed E-state index contributed by atoms with van der Waals surface area (Å²) in [6, 6.07) is 16.6. The lowest BCUT2D eigenvalue weighted by molar-refractivity contribution is -0.114. The molecule has 2 heterocycles. The maximum absolute atomic E-state index is 11.2. The van der Waals surface area contributed by atoms with E-state index >= 15 is 0 Å². The van der Waals surface area contributed by atoms with E-state index in [1.807, 2.05) is 24.3 Å². The highest BCUT2D eigenvalue weighted by Gasteiger charge is 2.16. The van der Waals surface area contributed by atoms with E-state index < -0.39 is 0 Å². The fraction of sp³-hybridized carbons (Fsp3) is 0.273. The molecule has 26 heavy (non-hydrogen) atoms. The van der Waals surface area contributed by atoms with Gasteiger partial charge >= 0.3 is 0 Å². The van der Waals surface area contributed by atoms with Crippen LogP contribution in [-0.4, -0.2) is 24.0 Å². The number of fused-ring (bicyclic) bond motifs is 1. The lowest BCUT2D eigenvalue weighted by atomic mass is 10.0. The number of nitrogens with one attached hydrogen (secondary N) is 1. The Hall–Kier alpha value is -2.88. The van der Waals surface area contributed by atoms with E-state index in [-0.39, 0.29) is 5.91 Å². The third kappa shape index (κ3) is 3.27. The number of aryl methyl sites for hydroxylation is 1. The molecule has 0 aliphatic carbocycles. The van der Waals surface area contributed by atoms with Gasteiger partial charge in [-0.1, -0.05) is 24.3 Å². The normalized spacial score (nSPS) is 14.0. The van der Waals surface area contributed by atoms with E-state index in [1.54, 1.807) is 0 Å². The molecule has 4 heteroatoms. The van der Waals surface area contributed by atoms with Gasteiger partial charge in [0.1, 0.15) is 0 Å². The number of hydrogen-bond acceptors (Lipinski definition) is 3. The third-order valence-electron chi connectivity index (χ3n) is 4.90. The summed E-state index contributed by atoms with van der Waals surface area (Å²) in [6.07, 6.45) is 2.53. The van der Waals surface area contributed by atoms with Gasteiger partial charge in [0.15, 0.2) is 0 Å². The minimum absolute atomic E-state index is 0.0578. The molecule has 1 N–H and O–H groups in total. The van der Waals surface area contributed by atoms with Crippen LogP contribution in [0.4, 0.5) is 11.4 Å². The van der Waals surface area contributed by atoms with E-state index in [0.717, 1.165) is 41.1 Å². The first-order valence-corrected chi connectivity index (χ1v) is 9.14. The van der Waals surface area contributed by atoms with Gasteiger partial charge in [-0.3, -0.25) is 9.78 Å². The van der Waals surface area contributed by atoms with Gasteiger partial charge in [-0.2, -0.15) is 0 Å². The number of rotatable bonds is 3. The number of benzene rings is 2. The Kier molecular flexibility index (Phi) is 4.33. The highest BCUT2D eigenvalue weighted by atomic mass is 16.1. The standard InChI is InChI=1S/C22H23N3O/c1-15-13-22(25-11-3-4-12-25)20-10-7-18(14-21(20)23-15)17-5-8-19(9-6-17)24-16(2)26/h5-10,13-14H,3-4,11-12H2,1-2H3,(H,24,26). The Morgan fingerprint density at radius 3 is 2.38 bits per heavy atom. The zero-order valence-corrected chi connectivity index (χ0v) is 15.2. The monoisotopic (exact) mass is 345 g/mol. The minimum atomic E-state index is -0.0578. The number of amides is 1. The molecule has 2 aromatic carbocycles. The van der Waals surface area contributed by atoms with E-state index in [0.29, 0.717) is 0 Å². The Labute approximate surface area is 153 Å². The first-order valence-electron chi connectivity index (χ1n) is 9.14. The Morgan fingerprint density at radius 2 is 1.69 bits per heavy atom. The van der Waals surface area contributed by atoms with Crippen molar-refractivity contribution >= 4 is 28.2 Å². The largest absolute Gasteiger partial charge is 0.371 e. The molecule has 4 rings (SSSR count). The molecule has 0 bridgehead atoms. The van der Waals surface area contributed by atoms with Gasteiger partial charge in [0.05, 0.1) is 5.52 Å². The Balaban J connectivity index is 1.72. The molecule has 0 atom stereocenters. The van der Waals surface area contributed by atoms with Crippen molar-refractivity contribution < 1.29 is 4.79 Å². The summed E-state index contributed by atoms with van der Waals surface area (Å²) in [4.78, 5) is 18.4. The molecule has 1 aliphatic rings. The average Bonchev–Trinajstić information content (AvgIpc) is 3.15. The predicted octanol–water partition coefficient (Wildman–Crippen LogP) is 4.77. The van der Waals surface area contributed by atoms with Crippen molar-refractivity contribution in [1.29, 1.82) is 0 Å². The Bertz CT molecular complexity index is 957. The highest BCUT2D eigenvalue weighted by Crippen LogP contribution is 2.32. The molecule has 0 saturated carbocycles. The van der Waals surface area contributed by atoms with Gasteiger partial charge in [-0.15, -0.1) is 0 Å². The van der Waals surface area contributed by atoms with Crippen LogP contribution in [0.15, 0.2) is 48.5 Å². The van der Waals surface area contributed by atoms with Crippen molar-refractivity contribution in [3.63, 3.8) is 0 Å². The van der Waals surface area contributed by atoms with Crippen LogP contribution in [0.5, 0.6) is 0 Å². The second-order valence-corrected chi connectivity index (χ2v) is 6.97. The SMILES string of the molecule is CC(=O)Nc1ccc(-c2ccc3c(N4CCCC4)cc(C)nc3c2)cc1. The summed E-state index contributed by atoms with van der Waals surface area (Å²) in [6.45, 7) is 5.84. The van der Waals surface area contributed by atoms with Crippen LogP contribution in [0.25, 0.3) is 22.0 Å². The molecule has 1 fully saturated rings. The molecule has 0 spiro atoms. The molecule has 1 aliphatic heterocycles. The van der Waals surface area contributed by atoms with Gasteiger partial charge in [-0.05, 0) is 55.2 Å². The van der Waals surface area contributed by atoms with Gasteiger partial charge in [0, 0.05) is 42.5 Å². The van der Waals surface area contributed by atoms with Crippen molar-refractivity contribution in [2.24, 2.45) is 0 Å². The number of pyridine rings is 1. The zero-order chi connectivity index (χ0) is 18.1. The number of aromatic nitrogens is 1. The second kappa shape index (κ2) is 6.79. The van der Waals surface area contributed by atoms with Crippen molar-refractivity contribution in [1.82, 2.24) is 4.98 Å². The summed E-state index contributed by atoms with van der Waals surface area (Å²) >= 11 is 0. The van der Waals surface area contributed by atoms with Crippen LogP contribution in [0.3, 0.4) is 0 Å². The summed E-state index contributed by atoms with van der Waals surface area (Å²) in [7, 11) is 0. The lowest BCUT2D eigenvalue weighted by Gasteiger charge is -2.20. The number of carbonyl (C=O) groups is 1. The first kappa shape index (κ1) is 16.6. The Morgan fingerprint density at radius 1 is 1.00 bits per heavy atom. The molecule has 1 amide bonds. The number of nitrogens with zero attached hydrogens (tertiary/aromatic N) is 2. The van der Waals surface area contributed by atoms with Gasteiger partial charge < -0.3 is 10.2 Å². The summed E-state index contributed by atoms with van der Waals surface area (Å²) in [5.74, 6) is -0.0578. The average molecular weight is 345 g/mol. The van der Waals surface area contributed by atoms with Crippen LogP contribution in [0.2, 0.25) is 0 Å². The summed E-state index contributed by atoms with van der Waals surface area (Å²) in [5, 5.41) is 4.02. The molecule has 132 valence electrons. The molecular formula is C22H23N3O. The number of hydrogen-bond donors (Lipinski definition) is 1. The van der Waals surface area contributed by atoms with Crippen molar-refractivity contribution in [2.45, 2.75) is 26.7 Å². The van der Waals surface area contributed by atoms with Crippen molar-refractivity contribution in [3.8, 4) is 11.1 Å². The molecular weight excluding hydrogens is 322 g/mol. The number of anilines is 2. The van der Waals surface area contributed by atoms with Crippen molar-refractivity contribution in [2.75, 3.05) is 23.3 Å². The quantitative estimate of drug-likeness (QED) is 0.744. The van der Waals surface area contributed by atoms with Crippen LogP contribution in [0, 0.1) is 6.92 Å². The number of carbonyl (C=O) groups excluding carboxylic acids is 1. The van der Waals surface area contributed by atoms with Gasteiger partial charge in [0.25, 0.3) is 0 Å². The molecule has 1 aromatic heterocycles. The first-order chi connectivity index (χ1) is 12.6.